The summed E-state index contributed by atoms with van der Waals surface area (Å²) in [5.74, 6) is -2.07. The third kappa shape index (κ3) is 3.96. The van der Waals surface area contributed by atoms with Crippen molar-refractivity contribution in [2.24, 2.45) is 5.92 Å². The third-order valence-electron chi connectivity index (χ3n) is 3.55. The van der Waals surface area contributed by atoms with Crippen LogP contribution in [0.5, 0.6) is 0 Å². The van der Waals surface area contributed by atoms with Gasteiger partial charge in [0.25, 0.3) is 5.91 Å². The first-order chi connectivity index (χ1) is 10.8. The lowest BCUT2D eigenvalue weighted by atomic mass is 10.1. The van der Waals surface area contributed by atoms with Gasteiger partial charge >= 0.3 is 5.97 Å². The maximum atomic E-state index is 13.0. The van der Waals surface area contributed by atoms with Crippen LogP contribution in [0.4, 0.5) is 4.39 Å². The van der Waals surface area contributed by atoms with Gasteiger partial charge in [0.05, 0.1) is 10.8 Å². The molecule has 1 aromatic heterocycles. The van der Waals surface area contributed by atoms with Crippen molar-refractivity contribution < 1.29 is 19.1 Å². The van der Waals surface area contributed by atoms with Crippen LogP contribution in [0.1, 0.15) is 22.2 Å². The number of benzene rings is 1. The standard InChI is InChI=1S/C17H18FNO3S/c1-10-8-14(16(20)19(3)9-11(2)17(21)22)23-15(10)12-4-6-13(18)7-5-12/h4-8,11H,9H2,1-3H3,(H,21,22). The summed E-state index contributed by atoms with van der Waals surface area (Å²) in [7, 11) is 1.59. The molecule has 0 fully saturated rings. The van der Waals surface area contributed by atoms with Crippen molar-refractivity contribution in [1.29, 1.82) is 0 Å². The molecule has 6 heteroatoms. The molecule has 0 saturated carbocycles. The lowest BCUT2D eigenvalue weighted by Crippen LogP contribution is -2.33. The number of carbonyl (C=O) groups excluding carboxylic acids is 1. The molecule has 23 heavy (non-hydrogen) atoms. The Bertz CT molecular complexity index is 724. The van der Waals surface area contributed by atoms with Gasteiger partial charge in [0.15, 0.2) is 0 Å². The predicted octanol–water partition coefficient (Wildman–Crippen LogP) is 3.66. The van der Waals surface area contributed by atoms with E-state index in [1.165, 1.54) is 28.4 Å². The molecule has 0 spiro atoms. The van der Waals surface area contributed by atoms with Gasteiger partial charge in [-0.3, -0.25) is 9.59 Å². The summed E-state index contributed by atoms with van der Waals surface area (Å²) in [4.78, 5) is 26.2. The fraction of sp³-hybridized carbons (Fsp3) is 0.294. The normalized spacial score (nSPS) is 12.0. The zero-order valence-electron chi connectivity index (χ0n) is 13.2. The van der Waals surface area contributed by atoms with Gasteiger partial charge in [-0.05, 0) is 36.2 Å². The number of thiophene rings is 1. The van der Waals surface area contributed by atoms with Crippen molar-refractivity contribution >= 4 is 23.2 Å². The molecule has 122 valence electrons. The first-order valence-electron chi connectivity index (χ1n) is 7.14. The van der Waals surface area contributed by atoms with Crippen LogP contribution < -0.4 is 0 Å². The third-order valence-corrected chi connectivity index (χ3v) is 4.83. The van der Waals surface area contributed by atoms with Crippen molar-refractivity contribution in [2.45, 2.75) is 13.8 Å². The van der Waals surface area contributed by atoms with Crippen LogP contribution in [0, 0.1) is 18.7 Å². The van der Waals surface area contributed by atoms with E-state index in [0.717, 1.165) is 16.0 Å². The number of aryl methyl sites for hydroxylation is 1. The van der Waals surface area contributed by atoms with E-state index in [1.807, 2.05) is 6.92 Å². The summed E-state index contributed by atoms with van der Waals surface area (Å²) < 4.78 is 13.0. The molecule has 2 aromatic rings. The second kappa shape index (κ2) is 6.91. The highest BCUT2D eigenvalue weighted by Crippen LogP contribution is 2.33. The Morgan fingerprint density at radius 2 is 1.91 bits per heavy atom. The summed E-state index contributed by atoms with van der Waals surface area (Å²) in [6, 6.07) is 7.91. The maximum absolute atomic E-state index is 13.0. The van der Waals surface area contributed by atoms with E-state index in [2.05, 4.69) is 0 Å². The van der Waals surface area contributed by atoms with Gasteiger partial charge in [-0.15, -0.1) is 11.3 Å². The Morgan fingerprint density at radius 1 is 1.30 bits per heavy atom. The van der Waals surface area contributed by atoms with E-state index >= 15 is 0 Å². The molecule has 1 heterocycles. The highest BCUT2D eigenvalue weighted by Gasteiger charge is 2.21. The summed E-state index contributed by atoms with van der Waals surface area (Å²) in [6.45, 7) is 3.61. The fourth-order valence-electron chi connectivity index (χ4n) is 2.24. The topological polar surface area (TPSA) is 57.6 Å². The van der Waals surface area contributed by atoms with Gasteiger partial charge < -0.3 is 10.0 Å². The van der Waals surface area contributed by atoms with Crippen LogP contribution in [0.25, 0.3) is 10.4 Å². The predicted molar refractivity (Wildman–Crippen MR) is 88.2 cm³/mol. The fourth-order valence-corrected chi connectivity index (χ4v) is 3.41. The minimum atomic E-state index is -0.931. The van der Waals surface area contributed by atoms with Crippen LogP contribution in [-0.4, -0.2) is 35.5 Å². The molecule has 1 unspecified atom stereocenters. The number of hydrogen-bond donors (Lipinski definition) is 1. The average molecular weight is 335 g/mol. The van der Waals surface area contributed by atoms with Gasteiger partial charge in [0.1, 0.15) is 5.82 Å². The zero-order valence-corrected chi connectivity index (χ0v) is 14.0. The van der Waals surface area contributed by atoms with E-state index in [4.69, 9.17) is 5.11 Å². The molecule has 0 aliphatic carbocycles. The molecule has 0 bridgehead atoms. The Labute approximate surface area is 138 Å². The maximum Gasteiger partial charge on any atom is 0.308 e. The smallest absolute Gasteiger partial charge is 0.308 e. The van der Waals surface area contributed by atoms with Crippen LogP contribution in [-0.2, 0) is 4.79 Å². The van der Waals surface area contributed by atoms with Crippen LogP contribution in [0.15, 0.2) is 30.3 Å². The number of nitrogens with zero attached hydrogens (tertiary/aromatic N) is 1. The Kier molecular flexibility index (Phi) is 5.15. The first-order valence-corrected chi connectivity index (χ1v) is 7.96. The average Bonchev–Trinajstić information content (AvgIpc) is 2.89. The molecule has 2 rings (SSSR count). The van der Waals surface area contributed by atoms with E-state index in [-0.39, 0.29) is 18.3 Å². The molecule has 0 aliphatic heterocycles. The lowest BCUT2D eigenvalue weighted by Gasteiger charge is -2.18. The second-order valence-corrected chi connectivity index (χ2v) is 6.61. The zero-order chi connectivity index (χ0) is 17.1. The van der Waals surface area contributed by atoms with Crippen molar-refractivity contribution in [3.63, 3.8) is 0 Å². The number of carbonyl (C=O) groups is 2. The van der Waals surface area contributed by atoms with E-state index in [1.54, 1.807) is 32.2 Å². The summed E-state index contributed by atoms with van der Waals surface area (Å²) >= 11 is 1.33. The highest BCUT2D eigenvalue weighted by molar-refractivity contribution is 7.17. The SMILES string of the molecule is Cc1cc(C(=O)N(C)CC(C)C(=O)O)sc1-c1ccc(F)cc1. The number of halogens is 1. The number of rotatable bonds is 5. The Hall–Kier alpha value is -2.21. The molecule has 1 atom stereocenters. The molecular weight excluding hydrogens is 317 g/mol. The largest absolute Gasteiger partial charge is 0.481 e. The first kappa shape index (κ1) is 17.1. The van der Waals surface area contributed by atoms with Crippen molar-refractivity contribution in [3.8, 4) is 10.4 Å². The summed E-state index contributed by atoms with van der Waals surface area (Å²) in [5.41, 5.74) is 1.79. The monoisotopic (exact) mass is 335 g/mol. The number of amides is 1. The van der Waals surface area contributed by atoms with Crippen LogP contribution in [0.3, 0.4) is 0 Å². The van der Waals surface area contributed by atoms with Gasteiger partial charge in [-0.1, -0.05) is 19.1 Å². The molecule has 1 N–H and O–H groups in total. The minimum Gasteiger partial charge on any atom is -0.481 e. The van der Waals surface area contributed by atoms with Crippen LogP contribution in [0.2, 0.25) is 0 Å². The van der Waals surface area contributed by atoms with Gasteiger partial charge in [-0.2, -0.15) is 0 Å². The number of carboxylic acids is 1. The molecule has 0 saturated heterocycles. The molecule has 0 aliphatic rings. The second-order valence-electron chi connectivity index (χ2n) is 5.55. The highest BCUT2D eigenvalue weighted by atomic mass is 32.1. The van der Waals surface area contributed by atoms with Gasteiger partial charge in [-0.25, -0.2) is 4.39 Å². The van der Waals surface area contributed by atoms with Crippen molar-refractivity contribution in [3.05, 3.63) is 46.6 Å². The van der Waals surface area contributed by atoms with E-state index in [0.29, 0.717) is 4.88 Å². The number of carboxylic acid groups (broad SMARTS) is 1. The van der Waals surface area contributed by atoms with E-state index in [9.17, 15) is 14.0 Å². The molecular formula is C17H18FNO3S. The van der Waals surface area contributed by atoms with Crippen LogP contribution >= 0.6 is 11.3 Å². The summed E-state index contributed by atoms with van der Waals surface area (Å²) in [6.07, 6.45) is 0. The Balaban J connectivity index is 2.21. The minimum absolute atomic E-state index is 0.150. The van der Waals surface area contributed by atoms with Gasteiger partial charge in [0, 0.05) is 18.5 Å². The number of aliphatic carboxylic acids is 1. The molecule has 1 amide bonds. The summed E-state index contributed by atoms with van der Waals surface area (Å²) in [5, 5.41) is 8.94. The molecule has 4 nitrogen and oxygen atoms in total. The molecule has 0 radical (unpaired) electrons. The lowest BCUT2D eigenvalue weighted by molar-refractivity contribution is -0.141. The molecule has 1 aromatic carbocycles. The number of hydrogen-bond acceptors (Lipinski definition) is 3. The van der Waals surface area contributed by atoms with E-state index < -0.39 is 11.9 Å². The Morgan fingerprint density at radius 3 is 2.48 bits per heavy atom. The van der Waals surface area contributed by atoms with Gasteiger partial charge in [0.2, 0.25) is 0 Å². The van der Waals surface area contributed by atoms with Crippen molar-refractivity contribution in [1.82, 2.24) is 4.90 Å². The quantitative estimate of drug-likeness (QED) is 0.907. The van der Waals surface area contributed by atoms with Crippen molar-refractivity contribution in [2.75, 3.05) is 13.6 Å².